The van der Waals surface area contributed by atoms with Gasteiger partial charge >= 0.3 is 35.8 Å². The van der Waals surface area contributed by atoms with E-state index in [0.29, 0.717) is 5.67 Å². The van der Waals surface area contributed by atoms with Crippen molar-refractivity contribution in [1.29, 1.82) is 0 Å². The van der Waals surface area contributed by atoms with Crippen LogP contribution in [0.1, 0.15) is 0 Å². The van der Waals surface area contributed by atoms with Crippen LogP contribution in [-0.4, -0.2) is 147 Å². The van der Waals surface area contributed by atoms with Crippen LogP contribution in [0.2, 0.25) is 5.67 Å². The highest BCUT2D eigenvalue weighted by molar-refractivity contribution is 6.99. The third-order valence-corrected chi connectivity index (χ3v) is 19.2. The lowest BCUT2D eigenvalue weighted by molar-refractivity contribution is -0.176. The molecule has 180 valence electrons. The lowest BCUT2D eigenvalue weighted by Gasteiger charge is -2.18. The summed E-state index contributed by atoms with van der Waals surface area (Å²) in [6.07, 6.45) is 0. The minimum absolute atomic E-state index is 0.304. The SMILES string of the molecule is CO[SiH2][Si](=O)OC(O[Si](=O)[SiH2]O[SiH2]O)[SiH2]O[SiH2]O[SiH2]O.O=[Si](C[SiH2]O)O[SiH2]O.OO. The van der Waals surface area contributed by atoms with Gasteiger partial charge < -0.3 is 62.3 Å². The summed E-state index contributed by atoms with van der Waals surface area (Å²) in [6.45, 7) is 0. The van der Waals surface area contributed by atoms with Gasteiger partial charge in [0.05, 0.1) is 0 Å². The molecule has 0 aromatic heterocycles. The highest BCUT2D eigenvalue weighted by Crippen LogP contribution is 1.94. The van der Waals surface area contributed by atoms with Crippen molar-refractivity contribution < 1.29 is 72.8 Å². The van der Waals surface area contributed by atoms with Crippen molar-refractivity contribution in [3.63, 3.8) is 0 Å². The van der Waals surface area contributed by atoms with Crippen molar-refractivity contribution in [3.8, 4) is 0 Å². The van der Waals surface area contributed by atoms with E-state index in [9.17, 15) is 13.4 Å². The van der Waals surface area contributed by atoms with Gasteiger partial charge in [-0.05, 0) is 0 Å². The Hall–Kier alpha value is 0.786. The first-order chi connectivity index (χ1) is 14.4. The second-order valence-corrected chi connectivity index (χ2v) is 23.8. The van der Waals surface area contributed by atoms with Crippen LogP contribution < -0.4 is 0 Å². The Labute approximate surface area is 195 Å². The minimum Gasteiger partial charge on any atom is -0.564 e. The third kappa shape index (κ3) is 28.8. The zero-order chi connectivity index (χ0) is 23.6. The van der Waals surface area contributed by atoms with E-state index in [4.69, 9.17) is 55.3 Å². The molecule has 0 aliphatic carbocycles. The Morgan fingerprint density at radius 1 is 0.833 bits per heavy atom. The molecule has 1 atom stereocenters. The molecule has 0 saturated carbocycles. The van der Waals surface area contributed by atoms with E-state index in [1.165, 1.54) is 7.11 Å². The summed E-state index contributed by atoms with van der Waals surface area (Å²) >= 11 is 0. The topological polar surface area (TPSA) is 237 Å². The fourth-order valence-electron chi connectivity index (χ4n) is 1.18. The zero-order valence-electron chi connectivity index (χ0n) is 16.2. The van der Waals surface area contributed by atoms with Gasteiger partial charge in [0.25, 0.3) is 48.6 Å². The summed E-state index contributed by atoms with van der Waals surface area (Å²) in [5.74, 6) is -0.886. The molecule has 30 heavy (non-hydrogen) atoms. The average Bonchev–Trinajstić information content (AvgIpc) is 2.72. The molecule has 0 heterocycles. The van der Waals surface area contributed by atoms with Crippen LogP contribution in [0.5, 0.6) is 0 Å². The molecule has 0 saturated heterocycles. The van der Waals surface area contributed by atoms with E-state index >= 15 is 0 Å². The lowest BCUT2D eigenvalue weighted by Crippen LogP contribution is -2.38. The van der Waals surface area contributed by atoms with Crippen molar-refractivity contribution in [3.05, 3.63) is 0 Å². The smallest absolute Gasteiger partial charge is 0.497 e. The average molecular weight is 629 g/mol. The van der Waals surface area contributed by atoms with Crippen LogP contribution >= 0.6 is 0 Å². The van der Waals surface area contributed by atoms with Crippen molar-refractivity contribution >= 4 is 104 Å². The van der Waals surface area contributed by atoms with Crippen molar-refractivity contribution in [1.82, 2.24) is 0 Å². The van der Waals surface area contributed by atoms with Crippen LogP contribution in [-0.2, 0) is 43.1 Å². The van der Waals surface area contributed by atoms with Gasteiger partial charge in [0, 0.05) is 12.8 Å². The second kappa shape index (κ2) is 29.8. The molecular weight excluding hydrogens is 601 g/mol. The predicted molar refractivity (Wildman–Crippen MR) is 124 cm³/mol. The molecule has 0 bridgehead atoms. The fraction of sp³-hybridized carbons (Fsp3) is 1.00. The molecule has 1 unspecified atom stereocenters. The van der Waals surface area contributed by atoms with Gasteiger partial charge in [-0.1, -0.05) is 0 Å². The fourth-order valence-corrected chi connectivity index (χ4v) is 17.2. The summed E-state index contributed by atoms with van der Waals surface area (Å²) in [6, 6.07) is 0. The maximum Gasteiger partial charge on any atom is 0.497 e. The predicted octanol–water partition coefficient (Wildman–Crippen LogP) is -11.0. The summed E-state index contributed by atoms with van der Waals surface area (Å²) in [5.41, 5.74) is 0.304. The van der Waals surface area contributed by atoms with Crippen molar-refractivity contribution in [2.45, 2.75) is 11.6 Å². The first-order valence-corrected chi connectivity index (χ1v) is 25.6. The van der Waals surface area contributed by atoms with Crippen LogP contribution in [0, 0.1) is 0 Å². The molecule has 0 aliphatic rings. The Kier molecular flexibility index (Phi) is 35.1. The molecule has 0 aromatic carbocycles. The molecule has 0 rings (SSSR count). The van der Waals surface area contributed by atoms with Gasteiger partial charge in [0.1, 0.15) is 0 Å². The van der Waals surface area contributed by atoms with Crippen LogP contribution in [0.3, 0.4) is 0 Å². The Morgan fingerprint density at radius 2 is 1.40 bits per heavy atom. The van der Waals surface area contributed by atoms with Crippen molar-refractivity contribution in [2.75, 3.05) is 7.11 Å². The second-order valence-electron chi connectivity index (χ2n) is 4.26. The van der Waals surface area contributed by atoms with Gasteiger partial charge in [-0.25, -0.2) is 0 Å². The van der Waals surface area contributed by atoms with Gasteiger partial charge in [0.2, 0.25) is 15.7 Å². The highest BCUT2D eigenvalue weighted by Gasteiger charge is 2.22. The highest BCUT2D eigenvalue weighted by atomic mass is 29.2. The van der Waals surface area contributed by atoms with E-state index in [1.54, 1.807) is 0 Å². The summed E-state index contributed by atoms with van der Waals surface area (Å²) in [4.78, 5) is 33.6. The molecule has 16 nitrogen and oxygen atoms in total. The molecule has 6 N–H and O–H groups in total. The summed E-state index contributed by atoms with van der Waals surface area (Å²) < 4.78 is 68.0. The Morgan fingerprint density at radius 3 is 1.87 bits per heavy atom. The molecule has 27 heteroatoms. The Bertz CT molecular complexity index is 406. The molecule has 0 radical (unpaired) electrons. The number of hydrogen-bond donors (Lipinski definition) is 6. The third-order valence-electron chi connectivity index (χ3n) is 2.15. The molecule has 0 aliphatic heterocycles. The number of rotatable bonds is 18. The number of hydrogen-bond acceptors (Lipinski definition) is 16. The van der Waals surface area contributed by atoms with Crippen LogP contribution in [0.25, 0.3) is 0 Å². The normalized spacial score (nSPS) is 13.7. The molecule has 0 spiro atoms. The minimum atomic E-state index is -2.40. The van der Waals surface area contributed by atoms with Gasteiger partial charge in [-0.3, -0.25) is 10.5 Å². The first kappa shape index (κ1) is 35.4. The molecule has 0 amide bonds. The molecule has 0 fully saturated rings. The van der Waals surface area contributed by atoms with Crippen LogP contribution in [0.4, 0.5) is 0 Å². The van der Waals surface area contributed by atoms with E-state index in [0.717, 1.165) is 0 Å². The maximum atomic E-state index is 11.6. The Balaban J connectivity index is -0.000000609. The van der Waals surface area contributed by atoms with E-state index < -0.39 is 110 Å². The maximum absolute atomic E-state index is 11.6. The van der Waals surface area contributed by atoms with Gasteiger partial charge in [-0.15, -0.1) is 0 Å². The largest absolute Gasteiger partial charge is 0.564 e. The lowest BCUT2D eigenvalue weighted by atomic mass is 11.5. The standard InChI is InChI=1S/C2H18O10Si8.CH8O4Si3.H2O2/c1-7-17-19(5)8-2(13-10-16-11-14-3)9-20(6)18-12-15-4;2-6-1-8(4)5-7-3;1-2/h2-4H,13-18H2,1H3;2-3H,1,6-7H2;1-2H. The van der Waals surface area contributed by atoms with Gasteiger partial charge in [0.15, 0.2) is 9.76 Å². The zero-order valence-corrected chi connectivity index (χ0v) is 30.5. The monoisotopic (exact) mass is 628 g/mol. The summed E-state index contributed by atoms with van der Waals surface area (Å²) in [7, 11) is -16.3. The van der Waals surface area contributed by atoms with Crippen LogP contribution in [0.15, 0.2) is 0 Å². The first-order valence-electron chi connectivity index (χ1n) is 7.85. The van der Waals surface area contributed by atoms with Crippen molar-refractivity contribution in [2.24, 2.45) is 0 Å². The van der Waals surface area contributed by atoms with Gasteiger partial charge in [-0.2, -0.15) is 0 Å². The van der Waals surface area contributed by atoms with E-state index in [2.05, 4.69) is 4.12 Å². The quantitative estimate of drug-likeness (QED) is 0.0271. The summed E-state index contributed by atoms with van der Waals surface area (Å²) in [5, 5.41) is 12.0. The van der Waals surface area contributed by atoms with E-state index in [1.807, 2.05) is 0 Å². The molecule has 0 aromatic rings. The van der Waals surface area contributed by atoms with E-state index in [-0.39, 0.29) is 0 Å². The molecular formula is C3H28O16Si11.